The van der Waals surface area contributed by atoms with Crippen LogP contribution in [-0.4, -0.2) is 146 Å². The molecule has 0 aliphatic carbocycles. The Morgan fingerprint density at radius 2 is 1.71 bits per heavy atom. The number of nitro benzene ring substituents is 1. The van der Waals surface area contributed by atoms with Crippen LogP contribution in [0.15, 0.2) is 18.2 Å². The maximum absolute atomic E-state index is 13.8. The van der Waals surface area contributed by atoms with Crippen LogP contribution in [0, 0.1) is 40.2 Å². The number of nitrogens with one attached hydrogen (secondary N) is 1. The van der Waals surface area contributed by atoms with Crippen LogP contribution in [0.5, 0.6) is 5.75 Å². The molecular formula is C46H69N5O15. The van der Waals surface area contributed by atoms with E-state index >= 15 is 0 Å². The van der Waals surface area contributed by atoms with Gasteiger partial charge in [0.25, 0.3) is 0 Å². The summed E-state index contributed by atoms with van der Waals surface area (Å²) < 4.78 is 33.1. The summed E-state index contributed by atoms with van der Waals surface area (Å²) in [6, 6.07) is 2.06. The third-order valence-electron chi connectivity index (χ3n) is 11.5. The monoisotopic (exact) mass is 931 g/mol. The zero-order valence-electron chi connectivity index (χ0n) is 40.1. The molecule has 2 rings (SSSR count). The molecule has 9 atom stereocenters. The van der Waals surface area contributed by atoms with Gasteiger partial charge in [0, 0.05) is 71.6 Å². The highest BCUT2D eigenvalue weighted by molar-refractivity contribution is 5.89. The first-order valence-corrected chi connectivity index (χ1v) is 22.2. The van der Waals surface area contributed by atoms with Crippen LogP contribution in [0.4, 0.5) is 10.5 Å². The Bertz CT molecular complexity index is 1870. The number of terminal acetylenes is 1. The third kappa shape index (κ3) is 16.6. The van der Waals surface area contributed by atoms with Crippen molar-refractivity contribution in [3.63, 3.8) is 0 Å². The predicted molar refractivity (Wildman–Crippen MR) is 239 cm³/mol. The molecule has 4 amide bonds. The van der Waals surface area contributed by atoms with E-state index in [1.54, 1.807) is 32.7 Å². The van der Waals surface area contributed by atoms with Gasteiger partial charge in [0.1, 0.15) is 24.5 Å². The largest absolute Gasteiger partial charge is 0.467 e. The topological polar surface area (TPSA) is 240 Å². The van der Waals surface area contributed by atoms with Crippen molar-refractivity contribution in [2.45, 2.75) is 136 Å². The molecule has 0 radical (unpaired) electrons. The second-order valence-electron chi connectivity index (χ2n) is 16.8. The predicted octanol–water partition coefficient (Wildman–Crippen LogP) is 4.60. The minimum atomic E-state index is -1.25. The first-order valence-electron chi connectivity index (χ1n) is 22.2. The number of carbonyl (C=O) groups excluding carboxylic acids is 7. The lowest BCUT2D eigenvalue weighted by Crippen LogP contribution is -2.55. The van der Waals surface area contributed by atoms with Gasteiger partial charge in [0.15, 0.2) is 11.9 Å². The molecular weight excluding hydrogens is 863 g/mol. The van der Waals surface area contributed by atoms with E-state index in [2.05, 4.69) is 11.2 Å². The fraction of sp³-hybridized carbons (Fsp3) is 0.674. The highest BCUT2D eigenvalue weighted by Crippen LogP contribution is 2.35. The Labute approximate surface area is 387 Å². The Hall–Kier alpha value is -5.81. The SMILES string of the molecule is C#CCC(OC(=O)N(C)C(C(=O)NCC(=O)N(C)C(C(C)CC)C(CC(=O)N(CCC)CCC(C)C=O)OC)C(C)C)c1ccc(OC2CC(OC(C)=O)CC(C(=O)OC)O2)c([N+](=O)[O-])c1. The van der Waals surface area contributed by atoms with Crippen LogP contribution in [0.2, 0.25) is 0 Å². The molecule has 20 heteroatoms. The number of methoxy groups -OCH3 is 2. The van der Waals surface area contributed by atoms with Gasteiger partial charge < -0.3 is 48.3 Å². The number of benzene rings is 1. The molecule has 0 bridgehead atoms. The summed E-state index contributed by atoms with van der Waals surface area (Å²) in [4.78, 5) is 106. The average Bonchev–Trinajstić information content (AvgIpc) is 3.27. The van der Waals surface area contributed by atoms with Crippen molar-refractivity contribution < 1.29 is 66.9 Å². The number of nitro groups is 1. The first kappa shape index (κ1) is 56.3. The Morgan fingerprint density at radius 3 is 2.26 bits per heavy atom. The van der Waals surface area contributed by atoms with Gasteiger partial charge in [-0.3, -0.25) is 34.2 Å². The molecule has 9 unspecified atom stereocenters. The fourth-order valence-corrected chi connectivity index (χ4v) is 7.73. The van der Waals surface area contributed by atoms with Gasteiger partial charge in [0.05, 0.1) is 43.6 Å². The van der Waals surface area contributed by atoms with E-state index in [0.29, 0.717) is 25.9 Å². The number of amides is 4. The Balaban J connectivity index is 2.25. The van der Waals surface area contributed by atoms with Crippen LogP contribution in [0.25, 0.3) is 0 Å². The summed E-state index contributed by atoms with van der Waals surface area (Å²) in [5, 5.41) is 14.9. The molecule has 368 valence electrons. The van der Waals surface area contributed by atoms with Crippen molar-refractivity contribution in [2.24, 2.45) is 17.8 Å². The minimum Gasteiger partial charge on any atom is -0.467 e. The molecule has 0 spiro atoms. The summed E-state index contributed by atoms with van der Waals surface area (Å²) in [6.45, 7) is 12.7. The summed E-state index contributed by atoms with van der Waals surface area (Å²) in [5.41, 5.74) is -0.431. The number of carbonyl (C=O) groups is 7. The summed E-state index contributed by atoms with van der Waals surface area (Å²) in [6.07, 6.45) is 1.96. The van der Waals surface area contributed by atoms with Gasteiger partial charge in [-0.1, -0.05) is 54.0 Å². The van der Waals surface area contributed by atoms with Crippen LogP contribution >= 0.6 is 0 Å². The maximum Gasteiger partial charge on any atom is 0.410 e. The number of hydrogen-bond acceptors (Lipinski definition) is 15. The van der Waals surface area contributed by atoms with E-state index < -0.39 is 95.7 Å². The molecule has 66 heavy (non-hydrogen) atoms. The van der Waals surface area contributed by atoms with E-state index in [1.807, 2.05) is 20.8 Å². The quantitative estimate of drug-likeness (QED) is 0.0334. The van der Waals surface area contributed by atoms with Gasteiger partial charge in [-0.05, 0) is 30.7 Å². The standard InChI is InChI=1S/C46H69N5O15/c1-13-16-35(32-17-18-36(34(22-32)51(59)60)64-41-24-33(63-31(8)53)23-38(65-41)45(57)62-12)66-46(58)49(10)42(28(4)5)44(56)47-26-40(55)48(9)43(30(7)15-3)37(61-11)25-39(54)50(20-14-2)21-19-29(6)27-52/h1,17-18,22,27-30,33,35,37-38,41-43H,14-16,19-21,23-26H2,2-12H3,(H,47,56). The van der Waals surface area contributed by atoms with Gasteiger partial charge >= 0.3 is 23.7 Å². The maximum atomic E-state index is 13.8. The van der Waals surface area contributed by atoms with E-state index in [0.717, 1.165) is 30.8 Å². The lowest BCUT2D eigenvalue weighted by Gasteiger charge is -2.38. The second-order valence-corrected chi connectivity index (χ2v) is 16.8. The Kier molecular flexibility index (Phi) is 23.6. The summed E-state index contributed by atoms with van der Waals surface area (Å²) in [7, 11) is 5.55. The van der Waals surface area contributed by atoms with Crippen molar-refractivity contribution in [1.29, 1.82) is 0 Å². The van der Waals surface area contributed by atoms with Crippen LogP contribution < -0.4 is 10.1 Å². The number of nitrogens with zero attached hydrogens (tertiary/aromatic N) is 4. The summed E-state index contributed by atoms with van der Waals surface area (Å²) in [5.74, 6) is -1.32. The number of likely N-dealkylation sites (N-methyl/N-ethyl adjacent to an activating group) is 2. The number of hydrogen-bond donors (Lipinski definition) is 1. The molecule has 1 saturated heterocycles. The highest BCUT2D eigenvalue weighted by Gasteiger charge is 2.39. The molecule has 0 saturated carbocycles. The smallest absolute Gasteiger partial charge is 0.410 e. The normalized spacial score (nSPS) is 18.4. The molecule has 1 aromatic rings. The third-order valence-corrected chi connectivity index (χ3v) is 11.5. The van der Waals surface area contributed by atoms with E-state index in [-0.39, 0.29) is 54.7 Å². The van der Waals surface area contributed by atoms with Crippen molar-refractivity contribution in [3.8, 4) is 18.1 Å². The lowest BCUT2D eigenvalue weighted by atomic mass is 9.90. The van der Waals surface area contributed by atoms with Crippen LogP contribution in [0.3, 0.4) is 0 Å². The molecule has 0 aromatic heterocycles. The zero-order chi connectivity index (χ0) is 49.8. The van der Waals surface area contributed by atoms with Gasteiger partial charge in [-0.2, -0.15) is 0 Å². The van der Waals surface area contributed by atoms with Crippen molar-refractivity contribution >= 4 is 47.7 Å². The number of ether oxygens (including phenoxy) is 6. The Morgan fingerprint density at radius 1 is 1.03 bits per heavy atom. The molecule has 1 aliphatic heterocycles. The minimum absolute atomic E-state index is 0.00703. The molecule has 20 nitrogen and oxygen atoms in total. The molecule has 1 heterocycles. The number of esters is 2. The first-order chi connectivity index (χ1) is 31.2. The van der Waals surface area contributed by atoms with Gasteiger partial charge in [-0.15, -0.1) is 12.3 Å². The van der Waals surface area contributed by atoms with Crippen LogP contribution in [-0.2, 0) is 52.5 Å². The molecule has 1 aliphatic rings. The molecule has 1 aromatic carbocycles. The number of aldehydes is 1. The summed E-state index contributed by atoms with van der Waals surface area (Å²) >= 11 is 0. The molecule has 1 fully saturated rings. The number of rotatable bonds is 26. The van der Waals surface area contributed by atoms with Gasteiger partial charge in [-0.25, -0.2) is 9.59 Å². The van der Waals surface area contributed by atoms with Crippen molar-refractivity contribution in [2.75, 3.05) is 47.9 Å². The lowest BCUT2D eigenvalue weighted by molar-refractivity contribution is -0.386. The fourth-order valence-electron chi connectivity index (χ4n) is 7.73. The van der Waals surface area contributed by atoms with E-state index in [9.17, 15) is 43.7 Å². The second kappa shape index (κ2) is 27.6. The highest BCUT2D eigenvalue weighted by atomic mass is 16.7. The van der Waals surface area contributed by atoms with E-state index in [1.165, 1.54) is 38.1 Å². The van der Waals surface area contributed by atoms with Crippen LogP contribution in [0.1, 0.15) is 105 Å². The van der Waals surface area contributed by atoms with Crippen molar-refractivity contribution in [3.05, 3.63) is 33.9 Å². The van der Waals surface area contributed by atoms with Gasteiger partial charge in [0.2, 0.25) is 24.0 Å². The van der Waals surface area contributed by atoms with Crippen molar-refractivity contribution in [1.82, 2.24) is 20.0 Å². The molecule has 1 N–H and O–H groups in total. The van der Waals surface area contributed by atoms with E-state index in [4.69, 9.17) is 34.8 Å². The zero-order valence-corrected chi connectivity index (χ0v) is 40.1. The average molecular weight is 932 g/mol.